The van der Waals surface area contributed by atoms with Crippen molar-refractivity contribution in [3.05, 3.63) is 72.8 Å². The summed E-state index contributed by atoms with van der Waals surface area (Å²) >= 11 is 0. The summed E-state index contributed by atoms with van der Waals surface area (Å²) in [5.74, 6) is 0. The first-order valence-electron chi connectivity index (χ1n) is 8.19. The maximum atomic E-state index is 12.3. The number of urea groups is 1. The molecule has 0 aromatic heterocycles. The lowest BCUT2D eigenvalue weighted by atomic mass is 10.1. The van der Waals surface area contributed by atoms with Gasteiger partial charge >= 0.3 is 6.03 Å². The Morgan fingerprint density at radius 2 is 1.77 bits per heavy atom. The van der Waals surface area contributed by atoms with E-state index >= 15 is 0 Å². The average Bonchev–Trinajstić information content (AvgIpc) is 2.63. The van der Waals surface area contributed by atoms with Gasteiger partial charge in [-0.1, -0.05) is 36.4 Å². The van der Waals surface area contributed by atoms with E-state index in [0.29, 0.717) is 12.2 Å². The number of rotatable bonds is 8. The van der Waals surface area contributed by atoms with Gasteiger partial charge in [0.1, 0.15) is 0 Å². The molecule has 2 amide bonds. The van der Waals surface area contributed by atoms with Gasteiger partial charge in [0.05, 0.1) is 4.90 Å². The smallest absolute Gasteiger partial charge is 0.319 e. The summed E-state index contributed by atoms with van der Waals surface area (Å²) in [6.07, 6.45) is 2.26. The number of carbonyl (C=O) groups is 1. The van der Waals surface area contributed by atoms with Gasteiger partial charge in [-0.3, -0.25) is 0 Å². The van der Waals surface area contributed by atoms with Crippen LogP contribution in [0.1, 0.15) is 5.56 Å². The zero-order valence-corrected chi connectivity index (χ0v) is 15.5. The van der Waals surface area contributed by atoms with E-state index in [0.717, 1.165) is 12.0 Å². The fourth-order valence-corrected chi connectivity index (χ4v) is 3.45. The lowest BCUT2D eigenvalue weighted by Crippen LogP contribution is -2.30. The van der Waals surface area contributed by atoms with E-state index in [-0.39, 0.29) is 17.5 Å². The van der Waals surface area contributed by atoms with Gasteiger partial charge in [-0.05, 0) is 36.2 Å². The van der Waals surface area contributed by atoms with E-state index in [9.17, 15) is 13.2 Å². The number of likely N-dealkylation sites (N-methyl/N-ethyl adjacent to an activating group) is 1. The Balaban J connectivity index is 1.88. The Bertz CT molecular complexity index is 834. The molecule has 2 aromatic rings. The van der Waals surface area contributed by atoms with E-state index in [1.54, 1.807) is 12.1 Å². The molecule has 0 fully saturated rings. The number of hydrogen-bond donors (Lipinski definition) is 2. The molecule has 0 bridgehead atoms. The second kappa shape index (κ2) is 9.17. The monoisotopic (exact) mass is 373 g/mol. The van der Waals surface area contributed by atoms with Crippen LogP contribution in [-0.2, 0) is 16.4 Å². The molecular weight excluding hydrogens is 350 g/mol. The molecule has 2 rings (SSSR count). The summed E-state index contributed by atoms with van der Waals surface area (Å²) < 4.78 is 25.8. The van der Waals surface area contributed by atoms with E-state index in [4.69, 9.17) is 0 Å². The average molecular weight is 373 g/mol. The summed E-state index contributed by atoms with van der Waals surface area (Å²) in [7, 11) is -2.07. The molecule has 0 aliphatic carbocycles. The fraction of sp³-hybridized carbons (Fsp3) is 0.211. The molecule has 0 saturated heterocycles. The summed E-state index contributed by atoms with van der Waals surface area (Å²) in [4.78, 5) is 12.1. The van der Waals surface area contributed by atoms with Crippen molar-refractivity contribution in [2.24, 2.45) is 0 Å². The van der Waals surface area contributed by atoms with Crippen molar-refractivity contribution in [1.82, 2.24) is 9.62 Å². The third-order valence-corrected chi connectivity index (χ3v) is 5.59. The topological polar surface area (TPSA) is 78.5 Å². The molecule has 0 unspecified atom stereocenters. The van der Waals surface area contributed by atoms with Crippen LogP contribution >= 0.6 is 0 Å². The van der Waals surface area contributed by atoms with Crippen LogP contribution in [0.5, 0.6) is 0 Å². The van der Waals surface area contributed by atoms with Crippen LogP contribution in [0.3, 0.4) is 0 Å². The van der Waals surface area contributed by atoms with Crippen molar-refractivity contribution < 1.29 is 13.2 Å². The van der Waals surface area contributed by atoms with Crippen molar-refractivity contribution in [1.29, 1.82) is 0 Å². The van der Waals surface area contributed by atoms with Gasteiger partial charge < -0.3 is 10.6 Å². The minimum absolute atomic E-state index is 0.164. The summed E-state index contributed by atoms with van der Waals surface area (Å²) in [6, 6.07) is 15.6. The third kappa shape index (κ3) is 5.44. The number of hydrogen-bond acceptors (Lipinski definition) is 3. The van der Waals surface area contributed by atoms with Gasteiger partial charge in [0.25, 0.3) is 0 Å². The first-order chi connectivity index (χ1) is 12.4. The van der Waals surface area contributed by atoms with Crippen molar-refractivity contribution in [3.63, 3.8) is 0 Å². The predicted octanol–water partition coefficient (Wildman–Crippen LogP) is 2.86. The third-order valence-electron chi connectivity index (χ3n) is 3.75. The fourth-order valence-electron chi connectivity index (χ4n) is 2.31. The number of nitrogens with zero attached hydrogens (tertiary/aromatic N) is 1. The molecule has 138 valence electrons. The summed E-state index contributed by atoms with van der Waals surface area (Å²) in [5, 5.41) is 5.46. The molecule has 0 atom stereocenters. The highest BCUT2D eigenvalue weighted by Crippen LogP contribution is 2.17. The predicted molar refractivity (Wildman–Crippen MR) is 104 cm³/mol. The minimum atomic E-state index is -3.56. The molecule has 7 heteroatoms. The highest BCUT2D eigenvalue weighted by atomic mass is 32.2. The number of carbonyl (C=O) groups excluding carboxylic acids is 1. The van der Waals surface area contributed by atoms with Gasteiger partial charge in [-0.15, -0.1) is 6.58 Å². The Morgan fingerprint density at radius 3 is 2.38 bits per heavy atom. The van der Waals surface area contributed by atoms with Crippen molar-refractivity contribution in [2.75, 3.05) is 25.5 Å². The Kier molecular flexibility index (Phi) is 6.94. The minimum Gasteiger partial charge on any atom is -0.338 e. The molecule has 0 radical (unpaired) electrons. The van der Waals surface area contributed by atoms with Gasteiger partial charge in [-0.25, -0.2) is 13.2 Å². The largest absolute Gasteiger partial charge is 0.338 e. The summed E-state index contributed by atoms with van der Waals surface area (Å²) in [6.45, 7) is 4.27. The van der Waals surface area contributed by atoms with Crippen LogP contribution in [0, 0.1) is 0 Å². The van der Waals surface area contributed by atoms with Gasteiger partial charge in [0.2, 0.25) is 10.0 Å². The van der Waals surface area contributed by atoms with E-state index in [1.807, 2.05) is 30.3 Å². The summed E-state index contributed by atoms with van der Waals surface area (Å²) in [5.41, 5.74) is 1.67. The molecule has 0 aliphatic rings. The Hall–Kier alpha value is -2.64. The molecule has 0 aliphatic heterocycles. The van der Waals surface area contributed by atoms with Crippen molar-refractivity contribution >= 4 is 21.7 Å². The molecule has 0 saturated carbocycles. The maximum absolute atomic E-state index is 12.3. The number of sulfonamides is 1. The molecule has 0 heterocycles. The standard InChI is InChI=1S/C19H23N3O3S/c1-3-15-22(2)26(24,25)18-11-9-17(10-12-18)21-19(23)20-14-13-16-7-5-4-6-8-16/h3-12H,1,13-15H2,2H3,(H2,20,21,23). The number of anilines is 1. The van der Waals surface area contributed by atoms with Crippen LogP contribution in [0.2, 0.25) is 0 Å². The van der Waals surface area contributed by atoms with Crippen LogP contribution in [0.25, 0.3) is 0 Å². The quantitative estimate of drug-likeness (QED) is 0.699. The first kappa shape index (κ1) is 19.7. The first-order valence-corrected chi connectivity index (χ1v) is 9.63. The molecular formula is C19H23N3O3S. The second-order valence-corrected chi connectivity index (χ2v) is 7.76. The van der Waals surface area contributed by atoms with Crippen LogP contribution in [0.4, 0.5) is 10.5 Å². The van der Waals surface area contributed by atoms with Gasteiger partial charge in [0, 0.05) is 25.8 Å². The highest BCUT2D eigenvalue weighted by Gasteiger charge is 2.19. The molecule has 26 heavy (non-hydrogen) atoms. The normalized spacial score (nSPS) is 11.2. The van der Waals surface area contributed by atoms with Crippen LogP contribution in [0.15, 0.2) is 72.1 Å². The van der Waals surface area contributed by atoms with E-state index in [1.165, 1.54) is 29.6 Å². The molecule has 2 aromatic carbocycles. The number of nitrogens with one attached hydrogen (secondary N) is 2. The van der Waals surface area contributed by atoms with Crippen molar-refractivity contribution in [3.8, 4) is 0 Å². The zero-order chi connectivity index (χ0) is 19.0. The molecule has 0 spiro atoms. The Labute approximate surface area is 154 Å². The number of benzene rings is 2. The van der Waals surface area contributed by atoms with E-state index in [2.05, 4.69) is 17.2 Å². The van der Waals surface area contributed by atoms with Gasteiger partial charge in [-0.2, -0.15) is 4.31 Å². The molecule has 2 N–H and O–H groups in total. The lowest BCUT2D eigenvalue weighted by Gasteiger charge is -2.15. The molecule has 6 nitrogen and oxygen atoms in total. The second-order valence-electron chi connectivity index (χ2n) is 5.72. The van der Waals surface area contributed by atoms with Gasteiger partial charge in [0.15, 0.2) is 0 Å². The highest BCUT2D eigenvalue weighted by molar-refractivity contribution is 7.89. The SMILES string of the molecule is C=CCN(C)S(=O)(=O)c1ccc(NC(=O)NCCc2ccccc2)cc1. The Morgan fingerprint density at radius 1 is 1.12 bits per heavy atom. The maximum Gasteiger partial charge on any atom is 0.319 e. The van der Waals surface area contributed by atoms with Crippen LogP contribution in [-0.4, -0.2) is 38.9 Å². The number of amides is 2. The van der Waals surface area contributed by atoms with Crippen molar-refractivity contribution in [2.45, 2.75) is 11.3 Å². The lowest BCUT2D eigenvalue weighted by molar-refractivity contribution is 0.252. The zero-order valence-electron chi connectivity index (χ0n) is 14.7. The van der Waals surface area contributed by atoms with E-state index < -0.39 is 10.0 Å². The van der Waals surface area contributed by atoms with Crippen LogP contribution < -0.4 is 10.6 Å².